The predicted molar refractivity (Wildman–Crippen MR) is 99.6 cm³/mol. The fraction of sp³-hybridized carbons (Fsp3) is 0.368. The SMILES string of the molecule is Cc1cc([C@H](C)NC(=O)[C@@H](C)NC(=O)OCc2ccccc2)c(C)s1. The Kier molecular flexibility index (Phi) is 6.58. The summed E-state index contributed by atoms with van der Waals surface area (Å²) in [6.07, 6.45) is -0.610. The minimum atomic E-state index is -0.675. The molecule has 2 aromatic rings. The van der Waals surface area contributed by atoms with Crippen LogP contribution < -0.4 is 10.6 Å². The lowest BCUT2D eigenvalue weighted by Gasteiger charge is -2.18. The van der Waals surface area contributed by atoms with E-state index in [1.54, 1.807) is 18.3 Å². The van der Waals surface area contributed by atoms with E-state index in [0.29, 0.717) is 0 Å². The monoisotopic (exact) mass is 360 g/mol. The number of ether oxygens (including phenoxy) is 1. The first kappa shape index (κ1) is 19.0. The summed E-state index contributed by atoms with van der Waals surface area (Å²) in [5, 5.41) is 5.48. The molecule has 1 aromatic carbocycles. The minimum Gasteiger partial charge on any atom is -0.445 e. The van der Waals surface area contributed by atoms with Gasteiger partial charge in [0, 0.05) is 9.75 Å². The molecule has 1 heterocycles. The highest BCUT2D eigenvalue weighted by Crippen LogP contribution is 2.26. The molecule has 6 heteroatoms. The summed E-state index contributed by atoms with van der Waals surface area (Å²) >= 11 is 1.71. The average molecular weight is 360 g/mol. The molecule has 0 saturated heterocycles. The molecule has 1 aromatic heterocycles. The highest BCUT2D eigenvalue weighted by molar-refractivity contribution is 7.12. The first-order valence-corrected chi connectivity index (χ1v) is 9.03. The smallest absolute Gasteiger partial charge is 0.408 e. The summed E-state index contributed by atoms with van der Waals surface area (Å²) in [4.78, 5) is 26.5. The molecule has 0 bridgehead atoms. The molecule has 5 nitrogen and oxygen atoms in total. The normalized spacial score (nSPS) is 13.0. The Balaban J connectivity index is 1.81. The molecule has 2 amide bonds. The molecular weight excluding hydrogens is 336 g/mol. The first-order valence-electron chi connectivity index (χ1n) is 8.21. The zero-order valence-electron chi connectivity index (χ0n) is 15.0. The molecule has 0 spiro atoms. The summed E-state index contributed by atoms with van der Waals surface area (Å²) in [6.45, 7) is 7.83. The van der Waals surface area contributed by atoms with Gasteiger partial charge in [-0.25, -0.2) is 4.79 Å². The van der Waals surface area contributed by atoms with Gasteiger partial charge in [0.05, 0.1) is 6.04 Å². The second-order valence-corrected chi connectivity index (χ2v) is 7.49. The van der Waals surface area contributed by atoms with Crippen LogP contribution in [0.25, 0.3) is 0 Å². The molecule has 0 saturated carbocycles. The van der Waals surface area contributed by atoms with Crippen molar-refractivity contribution in [2.75, 3.05) is 0 Å². The van der Waals surface area contributed by atoms with Crippen LogP contribution in [-0.2, 0) is 16.1 Å². The molecule has 2 N–H and O–H groups in total. The maximum Gasteiger partial charge on any atom is 0.408 e. The molecular formula is C19H24N2O3S. The van der Waals surface area contributed by atoms with Crippen LogP contribution in [0.1, 0.15) is 40.8 Å². The number of rotatable bonds is 6. The fourth-order valence-electron chi connectivity index (χ4n) is 2.50. The lowest BCUT2D eigenvalue weighted by molar-refractivity contribution is -0.123. The zero-order chi connectivity index (χ0) is 18.4. The Morgan fingerprint density at radius 1 is 1.12 bits per heavy atom. The number of thiophene rings is 1. The Morgan fingerprint density at radius 2 is 1.80 bits per heavy atom. The van der Waals surface area contributed by atoms with Crippen LogP contribution in [0.15, 0.2) is 36.4 Å². The van der Waals surface area contributed by atoms with E-state index < -0.39 is 12.1 Å². The third-order valence-corrected chi connectivity index (χ3v) is 4.83. The average Bonchev–Trinajstić information content (AvgIpc) is 2.92. The van der Waals surface area contributed by atoms with E-state index in [-0.39, 0.29) is 18.6 Å². The number of benzene rings is 1. The van der Waals surface area contributed by atoms with Crippen LogP contribution in [0.4, 0.5) is 4.79 Å². The van der Waals surface area contributed by atoms with Gasteiger partial charge in [-0.2, -0.15) is 0 Å². The molecule has 0 aliphatic rings. The number of carbonyl (C=O) groups excluding carboxylic acids is 2. The highest BCUT2D eigenvalue weighted by Gasteiger charge is 2.20. The van der Waals surface area contributed by atoms with Crippen molar-refractivity contribution in [3.63, 3.8) is 0 Å². The van der Waals surface area contributed by atoms with Crippen molar-refractivity contribution in [2.24, 2.45) is 0 Å². The summed E-state index contributed by atoms with van der Waals surface area (Å²) in [7, 11) is 0. The molecule has 0 fully saturated rings. The summed E-state index contributed by atoms with van der Waals surface area (Å²) < 4.78 is 5.13. The van der Waals surface area contributed by atoms with E-state index >= 15 is 0 Å². The Hall–Kier alpha value is -2.34. The predicted octanol–water partition coefficient (Wildman–Crippen LogP) is 3.86. The third-order valence-electron chi connectivity index (χ3n) is 3.85. The number of aryl methyl sites for hydroxylation is 2. The van der Waals surface area contributed by atoms with Crippen LogP contribution >= 0.6 is 11.3 Å². The molecule has 2 atom stereocenters. The van der Waals surface area contributed by atoms with Gasteiger partial charge in [-0.1, -0.05) is 30.3 Å². The summed E-state index contributed by atoms with van der Waals surface area (Å²) in [5.74, 6) is -0.243. The van der Waals surface area contributed by atoms with E-state index in [4.69, 9.17) is 4.74 Å². The van der Waals surface area contributed by atoms with Gasteiger partial charge in [-0.05, 0) is 44.9 Å². The van der Waals surface area contributed by atoms with E-state index in [0.717, 1.165) is 11.1 Å². The van der Waals surface area contributed by atoms with Gasteiger partial charge < -0.3 is 15.4 Å². The van der Waals surface area contributed by atoms with Crippen molar-refractivity contribution in [3.05, 3.63) is 57.3 Å². The van der Waals surface area contributed by atoms with Crippen molar-refractivity contribution in [2.45, 2.75) is 46.4 Å². The molecule has 2 rings (SSSR count). The quantitative estimate of drug-likeness (QED) is 0.822. The fourth-order valence-corrected chi connectivity index (χ4v) is 3.53. The van der Waals surface area contributed by atoms with E-state index in [9.17, 15) is 9.59 Å². The molecule has 0 unspecified atom stereocenters. The van der Waals surface area contributed by atoms with E-state index in [2.05, 4.69) is 16.7 Å². The molecule has 0 aliphatic carbocycles. The summed E-state index contributed by atoms with van der Waals surface area (Å²) in [5.41, 5.74) is 2.00. The minimum absolute atomic E-state index is 0.109. The van der Waals surface area contributed by atoms with Crippen LogP contribution in [0, 0.1) is 13.8 Å². The second kappa shape index (κ2) is 8.67. The molecule has 0 radical (unpaired) electrons. The number of amides is 2. The van der Waals surface area contributed by atoms with Crippen molar-refractivity contribution < 1.29 is 14.3 Å². The number of hydrogen-bond donors (Lipinski definition) is 2. The Labute approximate surface area is 152 Å². The van der Waals surface area contributed by atoms with Crippen LogP contribution in [0.2, 0.25) is 0 Å². The van der Waals surface area contributed by atoms with Crippen LogP contribution in [0.3, 0.4) is 0 Å². The number of alkyl carbamates (subject to hydrolysis) is 1. The van der Waals surface area contributed by atoms with E-state index in [1.807, 2.05) is 51.1 Å². The highest BCUT2D eigenvalue weighted by atomic mass is 32.1. The topological polar surface area (TPSA) is 67.4 Å². The lowest BCUT2D eigenvalue weighted by Crippen LogP contribution is -2.45. The van der Waals surface area contributed by atoms with Crippen molar-refractivity contribution in [1.29, 1.82) is 0 Å². The standard InChI is InChI=1S/C19H24N2O3S/c1-12-10-17(15(4)25-12)13(2)20-18(22)14(3)21-19(23)24-11-16-8-6-5-7-9-16/h5-10,13-14H,11H2,1-4H3,(H,20,22)(H,21,23)/t13-,14+/m0/s1. The van der Waals surface area contributed by atoms with Gasteiger partial charge in [0.1, 0.15) is 12.6 Å². The van der Waals surface area contributed by atoms with Crippen molar-refractivity contribution >= 4 is 23.3 Å². The number of nitrogens with one attached hydrogen (secondary N) is 2. The molecule has 25 heavy (non-hydrogen) atoms. The van der Waals surface area contributed by atoms with Gasteiger partial charge in [-0.15, -0.1) is 11.3 Å². The maximum atomic E-state index is 12.3. The number of hydrogen-bond acceptors (Lipinski definition) is 4. The first-order chi connectivity index (χ1) is 11.9. The van der Waals surface area contributed by atoms with Crippen molar-refractivity contribution in [1.82, 2.24) is 10.6 Å². The second-order valence-electron chi connectivity index (χ2n) is 6.03. The van der Waals surface area contributed by atoms with Gasteiger partial charge in [0.25, 0.3) is 0 Å². The third kappa shape index (κ3) is 5.60. The van der Waals surface area contributed by atoms with Crippen LogP contribution in [0.5, 0.6) is 0 Å². The zero-order valence-corrected chi connectivity index (χ0v) is 15.8. The van der Waals surface area contributed by atoms with Gasteiger partial charge in [0.15, 0.2) is 0 Å². The number of carbonyl (C=O) groups is 2. The van der Waals surface area contributed by atoms with E-state index in [1.165, 1.54) is 9.75 Å². The van der Waals surface area contributed by atoms with Gasteiger partial charge in [-0.3, -0.25) is 4.79 Å². The van der Waals surface area contributed by atoms with Gasteiger partial charge in [0.2, 0.25) is 5.91 Å². The van der Waals surface area contributed by atoms with Crippen LogP contribution in [-0.4, -0.2) is 18.0 Å². The lowest BCUT2D eigenvalue weighted by atomic mass is 10.1. The van der Waals surface area contributed by atoms with Crippen molar-refractivity contribution in [3.8, 4) is 0 Å². The largest absolute Gasteiger partial charge is 0.445 e. The van der Waals surface area contributed by atoms with Gasteiger partial charge >= 0.3 is 6.09 Å². The Morgan fingerprint density at radius 3 is 2.40 bits per heavy atom. The molecule has 134 valence electrons. The Bertz CT molecular complexity index is 728. The maximum absolute atomic E-state index is 12.3. The summed E-state index contributed by atoms with van der Waals surface area (Å²) in [6, 6.07) is 10.7. The molecule has 0 aliphatic heterocycles.